The first-order valence-electron chi connectivity index (χ1n) is 8.82. The zero-order chi connectivity index (χ0) is 19.6. The molecular weight excluding hydrogens is 389 g/mol. The molecule has 2 aromatic rings. The van der Waals surface area contributed by atoms with Crippen LogP contribution in [0, 0.1) is 12.8 Å². The maximum absolute atomic E-state index is 13.1. The number of amides is 2. The fourth-order valence-corrected chi connectivity index (χ4v) is 3.88. The monoisotopic (exact) mass is 409 g/mol. The van der Waals surface area contributed by atoms with Gasteiger partial charge in [-0.3, -0.25) is 9.59 Å². The van der Waals surface area contributed by atoms with E-state index in [4.69, 9.17) is 27.7 Å². The molecule has 0 radical (unpaired) electrons. The van der Waals surface area contributed by atoms with E-state index in [9.17, 15) is 9.59 Å². The van der Waals surface area contributed by atoms with E-state index in [1.54, 1.807) is 30.0 Å². The lowest BCUT2D eigenvalue weighted by atomic mass is 9.95. The van der Waals surface area contributed by atoms with Crippen molar-refractivity contribution in [3.05, 3.63) is 39.6 Å². The summed E-state index contributed by atoms with van der Waals surface area (Å²) in [7, 11) is 0. The molecule has 0 atom stereocenters. The maximum atomic E-state index is 13.1. The van der Waals surface area contributed by atoms with E-state index in [0.717, 1.165) is 12.8 Å². The van der Waals surface area contributed by atoms with Crippen molar-refractivity contribution in [3.8, 4) is 11.3 Å². The average molecular weight is 410 g/mol. The lowest BCUT2D eigenvalue weighted by Crippen LogP contribution is -2.41. The number of nitrogens with one attached hydrogen (secondary N) is 1. The Morgan fingerprint density at radius 1 is 1.26 bits per heavy atom. The molecule has 1 aliphatic heterocycles. The lowest BCUT2D eigenvalue weighted by molar-refractivity contribution is -0.119. The van der Waals surface area contributed by atoms with Crippen LogP contribution in [0.5, 0.6) is 0 Å². The molecule has 2 amide bonds. The lowest BCUT2D eigenvalue weighted by Gasteiger charge is -2.32. The van der Waals surface area contributed by atoms with Gasteiger partial charge in [-0.25, -0.2) is 0 Å². The molecule has 1 aliphatic rings. The summed E-state index contributed by atoms with van der Waals surface area (Å²) < 4.78 is 5.30. The standard InChI is InChI=1S/C19H21Cl2N3O3/c1-11-16(18(23-27-11)17-14(20)4-3-5-15(17)21)19(26)24-8-6-13(7-9-24)10-22-12(2)25/h3-5,13H,6-10H2,1-2H3,(H,22,25). The van der Waals surface area contributed by atoms with Crippen LogP contribution in [0.15, 0.2) is 22.7 Å². The van der Waals surface area contributed by atoms with Crippen molar-refractivity contribution in [1.82, 2.24) is 15.4 Å². The Bertz CT molecular complexity index is 838. The van der Waals surface area contributed by atoms with Gasteiger partial charge in [0.2, 0.25) is 5.91 Å². The average Bonchev–Trinajstić information content (AvgIpc) is 3.01. The normalized spacial score (nSPS) is 15.0. The third kappa shape index (κ3) is 4.28. The predicted molar refractivity (Wildman–Crippen MR) is 104 cm³/mol. The Labute approximate surface area is 167 Å². The van der Waals surface area contributed by atoms with E-state index in [1.165, 1.54) is 6.92 Å². The highest BCUT2D eigenvalue weighted by Crippen LogP contribution is 2.37. The molecule has 1 aromatic carbocycles. The van der Waals surface area contributed by atoms with Gasteiger partial charge in [-0.15, -0.1) is 0 Å². The molecular formula is C19H21Cl2N3O3. The van der Waals surface area contributed by atoms with Crippen molar-refractivity contribution < 1.29 is 14.1 Å². The van der Waals surface area contributed by atoms with E-state index >= 15 is 0 Å². The second-order valence-electron chi connectivity index (χ2n) is 6.73. The number of carbonyl (C=O) groups is 2. The van der Waals surface area contributed by atoms with E-state index in [1.807, 2.05) is 0 Å². The quantitative estimate of drug-likeness (QED) is 0.829. The van der Waals surface area contributed by atoms with Gasteiger partial charge in [0.15, 0.2) is 0 Å². The number of rotatable bonds is 4. The number of carbonyl (C=O) groups excluding carboxylic acids is 2. The molecule has 8 heteroatoms. The van der Waals surface area contributed by atoms with Crippen LogP contribution in [0.25, 0.3) is 11.3 Å². The number of hydrogen-bond donors (Lipinski definition) is 1. The third-order valence-electron chi connectivity index (χ3n) is 4.82. The molecule has 1 fully saturated rings. The largest absolute Gasteiger partial charge is 0.360 e. The van der Waals surface area contributed by atoms with Crippen LogP contribution in [0.2, 0.25) is 10.0 Å². The predicted octanol–water partition coefficient (Wildman–Crippen LogP) is 3.95. The second kappa shape index (κ2) is 8.31. The summed E-state index contributed by atoms with van der Waals surface area (Å²) >= 11 is 12.6. The van der Waals surface area contributed by atoms with Gasteiger partial charge in [-0.2, -0.15) is 0 Å². The SMILES string of the molecule is CC(=O)NCC1CCN(C(=O)c2c(-c3c(Cl)cccc3Cl)noc2C)CC1. The summed E-state index contributed by atoms with van der Waals surface area (Å²) in [6, 6.07) is 5.14. The minimum Gasteiger partial charge on any atom is -0.360 e. The Hall–Kier alpha value is -2.05. The number of aryl methyl sites for hydroxylation is 1. The van der Waals surface area contributed by atoms with E-state index < -0.39 is 0 Å². The molecule has 0 aliphatic carbocycles. The number of piperidine rings is 1. The van der Waals surface area contributed by atoms with Crippen LogP contribution >= 0.6 is 23.2 Å². The number of likely N-dealkylation sites (tertiary alicyclic amines) is 1. The van der Waals surface area contributed by atoms with Crippen molar-refractivity contribution in [2.24, 2.45) is 5.92 Å². The highest BCUT2D eigenvalue weighted by atomic mass is 35.5. The van der Waals surface area contributed by atoms with Crippen molar-refractivity contribution in [3.63, 3.8) is 0 Å². The third-order valence-corrected chi connectivity index (χ3v) is 5.45. The molecule has 0 unspecified atom stereocenters. The zero-order valence-electron chi connectivity index (χ0n) is 15.2. The van der Waals surface area contributed by atoms with Crippen LogP contribution in [-0.4, -0.2) is 41.5 Å². The van der Waals surface area contributed by atoms with Gasteiger partial charge < -0.3 is 14.7 Å². The Morgan fingerprint density at radius 2 is 1.89 bits per heavy atom. The summed E-state index contributed by atoms with van der Waals surface area (Å²) in [5.74, 6) is 0.637. The molecule has 1 aromatic heterocycles. The van der Waals surface area contributed by atoms with Crippen LogP contribution < -0.4 is 5.32 Å². The van der Waals surface area contributed by atoms with Gasteiger partial charge in [-0.05, 0) is 37.8 Å². The molecule has 6 nitrogen and oxygen atoms in total. The van der Waals surface area contributed by atoms with Crippen molar-refractivity contribution >= 4 is 35.0 Å². The molecule has 0 bridgehead atoms. The molecule has 27 heavy (non-hydrogen) atoms. The molecule has 1 N–H and O–H groups in total. The molecule has 1 saturated heterocycles. The summed E-state index contributed by atoms with van der Waals surface area (Å²) in [5.41, 5.74) is 1.26. The van der Waals surface area contributed by atoms with Gasteiger partial charge in [0, 0.05) is 32.1 Å². The summed E-state index contributed by atoms with van der Waals surface area (Å²) in [6.45, 7) is 5.09. The summed E-state index contributed by atoms with van der Waals surface area (Å²) in [5, 5.41) is 7.72. The van der Waals surface area contributed by atoms with Crippen LogP contribution in [0.1, 0.15) is 35.9 Å². The first kappa shape index (κ1) is 19.7. The topological polar surface area (TPSA) is 75.4 Å². The van der Waals surface area contributed by atoms with Gasteiger partial charge in [0.25, 0.3) is 5.91 Å². The van der Waals surface area contributed by atoms with Gasteiger partial charge >= 0.3 is 0 Å². The van der Waals surface area contributed by atoms with Gasteiger partial charge in [-0.1, -0.05) is 34.4 Å². The molecule has 0 saturated carbocycles. The number of nitrogens with zero attached hydrogens (tertiary/aromatic N) is 2. The Balaban J connectivity index is 1.79. The highest BCUT2D eigenvalue weighted by molar-refractivity contribution is 6.39. The molecule has 3 rings (SSSR count). The van der Waals surface area contributed by atoms with Crippen LogP contribution in [0.3, 0.4) is 0 Å². The maximum Gasteiger partial charge on any atom is 0.259 e. The molecule has 144 valence electrons. The minimum atomic E-state index is -0.141. The number of hydrogen-bond acceptors (Lipinski definition) is 4. The van der Waals surface area contributed by atoms with Gasteiger partial charge in [0.05, 0.1) is 10.0 Å². The Morgan fingerprint density at radius 3 is 2.48 bits per heavy atom. The highest BCUT2D eigenvalue weighted by Gasteiger charge is 2.30. The summed E-state index contributed by atoms with van der Waals surface area (Å²) in [4.78, 5) is 26.0. The van der Waals surface area contributed by atoms with E-state index in [2.05, 4.69) is 10.5 Å². The number of aromatic nitrogens is 1. The fraction of sp³-hybridized carbons (Fsp3) is 0.421. The number of halogens is 2. The van der Waals surface area contributed by atoms with Crippen molar-refractivity contribution in [2.75, 3.05) is 19.6 Å². The van der Waals surface area contributed by atoms with Crippen LogP contribution in [0.4, 0.5) is 0 Å². The van der Waals surface area contributed by atoms with Gasteiger partial charge in [0.1, 0.15) is 17.0 Å². The molecule has 2 heterocycles. The zero-order valence-corrected chi connectivity index (χ0v) is 16.7. The second-order valence-corrected chi connectivity index (χ2v) is 7.55. The van der Waals surface area contributed by atoms with E-state index in [-0.39, 0.29) is 11.8 Å². The van der Waals surface area contributed by atoms with Crippen molar-refractivity contribution in [1.29, 1.82) is 0 Å². The van der Waals surface area contributed by atoms with Crippen LogP contribution in [-0.2, 0) is 4.79 Å². The first-order chi connectivity index (χ1) is 12.9. The fourth-order valence-electron chi connectivity index (χ4n) is 3.31. The Kier molecular flexibility index (Phi) is 6.07. The molecule has 0 spiro atoms. The van der Waals surface area contributed by atoms with Crippen molar-refractivity contribution in [2.45, 2.75) is 26.7 Å². The number of benzene rings is 1. The van der Waals surface area contributed by atoms with E-state index in [0.29, 0.717) is 58.2 Å². The minimum absolute atomic E-state index is 0.0325. The first-order valence-corrected chi connectivity index (χ1v) is 9.58. The summed E-state index contributed by atoms with van der Waals surface area (Å²) in [6.07, 6.45) is 1.66. The smallest absolute Gasteiger partial charge is 0.259 e.